The Morgan fingerprint density at radius 2 is 1.79 bits per heavy atom. The monoisotopic (exact) mass is 267 g/mol. The molecule has 0 atom stereocenters. The quantitative estimate of drug-likeness (QED) is 0.895. The molecule has 0 saturated heterocycles. The summed E-state index contributed by atoms with van der Waals surface area (Å²) in [5.74, 6) is -5.27. The molecule has 1 aromatic carbocycles. The van der Waals surface area contributed by atoms with Crippen LogP contribution in [-0.2, 0) is 0 Å². The highest BCUT2D eigenvalue weighted by molar-refractivity contribution is 6.03. The maximum absolute atomic E-state index is 13.3. The number of aromatic carboxylic acids is 1. The van der Waals surface area contributed by atoms with Crippen molar-refractivity contribution in [2.75, 3.05) is 5.32 Å². The maximum Gasteiger partial charge on any atom is 0.371 e. The van der Waals surface area contributed by atoms with Crippen LogP contribution in [0.5, 0.6) is 0 Å². The lowest BCUT2D eigenvalue weighted by Gasteiger charge is -2.04. The molecule has 7 heteroatoms. The SMILES string of the molecule is O=C(O)c1ccc(C(=O)Nc2cccc(F)c2F)o1. The molecular formula is C12H7F2NO4. The number of benzene rings is 1. The zero-order chi connectivity index (χ0) is 14.0. The van der Waals surface area contributed by atoms with E-state index < -0.39 is 29.3 Å². The fourth-order valence-corrected chi connectivity index (χ4v) is 1.36. The molecule has 0 fully saturated rings. The first-order chi connectivity index (χ1) is 8.99. The van der Waals surface area contributed by atoms with E-state index >= 15 is 0 Å². The van der Waals surface area contributed by atoms with Crippen LogP contribution in [0.25, 0.3) is 0 Å². The van der Waals surface area contributed by atoms with Gasteiger partial charge in [-0.25, -0.2) is 13.6 Å². The normalized spacial score (nSPS) is 10.2. The number of anilines is 1. The van der Waals surface area contributed by atoms with Crippen LogP contribution in [0.2, 0.25) is 0 Å². The standard InChI is InChI=1S/C12H7F2NO4/c13-6-2-1-3-7(10(6)14)15-11(16)8-4-5-9(19-8)12(17)18/h1-5H,(H,15,16)(H,17,18). The molecule has 0 aliphatic rings. The van der Waals surface area contributed by atoms with E-state index in [-0.39, 0.29) is 11.4 Å². The topological polar surface area (TPSA) is 79.5 Å². The van der Waals surface area contributed by atoms with E-state index in [9.17, 15) is 18.4 Å². The summed E-state index contributed by atoms with van der Waals surface area (Å²) in [6.45, 7) is 0. The lowest BCUT2D eigenvalue weighted by molar-refractivity contribution is 0.0660. The highest BCUT2D eigenvalue weighted by Crippen LogP contribution is 2.18. The first-order valence-corrected chi connectivity index (χ1v) is 5.07. The predicted octanol–water partition coefficient (Wildman–Crippen LogP) is 2.51. The highest BCUT2D eigenvalue weighted by atomic mass is 19.2. The average molecular weight is 267 g/mol. The molecule has 2 aromatic rings. The van der Waals surface area contributed by atoms with Gasteiger partial charge in [0, 0.05) is 0 Å². The molecule has 0 spiro atoms. The summed E-state index contributed by atoms with van der Waals surface area (Å²) < 4.78 is 30.9. The Morgan fingerprint density at radius 1 is 1.11 bits per heavy atom. The molecule has 1 heterocycles. The second kappa shape index (κ2) is 4.89. The van der Waals surface area contributed by atoms with E-state index in [2.05, 4.69) is 5.32 Å². The lowest BCUT2D eigenvalue weighted by Crippen LogP contribution is -2.12. The number of nitrogens with one attached hydrogen (secondary N) is 1. The van der Waals surface area contributed by atoms with Gasteiger partial charge in [0.15, 0.2) is 17.4 Å². The Hall–Kier alpha value is -2.70. The molecule has 0 unspecified atom stereocenters. The molecule has 0 radical (unpaired) electrons. The van der Waals surface area contributed by atoms with Crippen molar-refractivity contribution in [1.82, 2.24) is 0 Å². The molecule has 0 saturated carbocycles. The molecule has 1 amide bonds. The number of furan rings is 1. The zero-order valence-electron chi connectivity index (χ0n) is 9.31. The van der Waals surface area contributed by atoms with Crippen molar-refractivity contribution in [2.45, 2.75) is 0 Å². The van der Waals surface area contributed by atoms with E-state index in [1.807, 2.05) is 0 Å². The van der Waals surface area contributed by atoms with Gasteiger partial charge < -0.3 is 14.8 Å². The van der Waals surface area contributed by atoms with E-state index in [0.29, 0.717) is 0 Å². The number of carboxylic acid groups (broad SMARTS) is 1. The highest BCUT2D eigenvalue weighted by Gasteiger charge is 2.17. The number of hydrogen-bond acceptors (Lipinski definition) is 3. The van der Waals surface area contributed by atoms with Gasteiger partial charge in [-0.05, 0) is 24.3 Å². The van der Waals surface area contributed by atoms with Crippen LogP contribution < -0.4 is 5.32 Å². The molecule has 1 aromatic heterocycles. The van der Waals surface area contributed by atoms with Crippen molar-refractivity contribution in [3.8, 4) is 0 Å². The van der Waals surface area contributed by atoms with Gasteiger partial charge in [-0.2, -0.15) is 0 Å². The fourth-order valence-electron chi connectivity index (χ4n) is 1.36. The molecular weight excluding hydrogens is 260 g/mol. The third kappa shape index (κ3) is 2.59. The first-order valence-electron chi connectivity index (χ1n) is 5.07. The zero-order valence-corrected chi connectivity index (χ0v) is 9.31. The summed E-state index contributed by atoms with van der Waals surface area (Å²) in [6.07, 6.45) is 0. The largest absolute Gasteiger partial charge is 0.475 e. The molecule has 2 N–H and O–H groups in total. The minimum absolute atomic E-state index is 0.318. The van der Waals surface area contributed by atoms with Crippen LogP contribution in [0.15, 0.2) is 34.7 Å². The Bertz CT molecular complexity index is 651. The molecule has 2 rings (SSSR count). The van der Waals surface area contributed by atoms with Crippen LogP contribution in [0.3, 0.4) is 0 Å². The van der Waals surface area contributed by atoms with Crippen molar-refractivity contribution >= 4 is 17.6 Å². The molecule has 19 heavy (non-hydrogen) atoms. The number of amides is 1. The van der Waals surface area contributed by atoms with Crippen molar-refractivity contribution in [2.24, 2.45) is 0 Å². The van der Waals surface area contributed by atoms with Gasteiger partial charge in [0.1, 0.15) is 0 Å². The number of carboxylic acids is 1. The number of halogens is 2. The molecule has 0 aliphatic carbocycles. The summed E-state index contributed by atoms with van der Waals surface area (Å²) in [4.78, 5) is 22.2. The minimum atomic E-state index is -1.34. The Morgan fingerprint density at radius 3 is 2.42 bits per heavy atom. The van der Waals surface area contributed by atoms with Crippen molar-refractivity contribution in [3.05, 3.63) is 53.5 Å². The molecule has 98 valence electrons. The van der Waals surface area contributed by atoms with Crippen LogP contribution in [0.4, 0.5) is 14.5 Å². The average Bonchev–Trinajstić information content (AvgIpc) is 2.84. The fraction of sp³-hybridized carbons (Fsp3) is 0. The second-order valence-corrected chi connectivity index (χ2v) is 3.52. The summed E-state index contributed by atoms with van der Waals surface area (Å²) in [7, 11) is 0. The van der Waals surface area contributed by atoms with Gasteiger partial charge in [0.2, 0.25) is 5.76 Å². The van der Waals surface area contributed by atoms with Crippen LogP contribution >= 0.6 is 0 Å². The van der Waals surface area contributed by atoms with Gasteiger partial charge in [0.05, 0.1) is 5.69 Å². The smallest absolute Gasteiger partial charge is 0.371 e. The summed E-state index contributed by atoms with van der Waals surface area (Å²) in [5, 5.41) is 10.7. The molecule has 0 aliphatic heterocycles. The van der Waals surface area contributed by atoms with Gasteiger partial charge >= 0.3 is 5.97 Å². The van der Waals surface area contributed by atoms with Crippen molar-refractivity contribution in [3.63, 3.8) is 0 Å². The maximum atomic E-state index is 13.3. The third-order valence-electron chi connectivity index (χ3n) is 2.24. The summed E-state index contributed by atoms with van der Waals surface area (Å²) >= 11 is 0. The van der Waals surface area contributed by atoms with E-state index in [0.717, 1.165) is 24.3 Å². The van der Waals surface area contributed by atoms with Gasteiger partial charge in [0.25, 0.3) is 5.91 Å². The number of rotatable bonds is 3. The first kappa shape index (κ1) is 12.7. The number of carbonyl (C=O) groups is 2. The van der Waals surface area contributed by atoms with E-state index in [1.54, 1.807) is 0 Å². The van der Waals surface area contributed by atoms with Crippen LogP contribution in [0.1, 0.15) is 21.1 Å². The second-order valence-electron chi connectivity index (χ2n) is 3.52. The Balaban J connectivity index is 2.21. The third-order valence-corrected chi connectivity index (χ3v) is 2.24. The van der Waals surface area contributed by atoms with Gasteiger partial charge in [-0.15, -0.1) is 0 Å². The van der Waals surface area contributed by atoms with E-state index in [4.69, 9.17) is 9.52 Å². The Kier molecular flexibility index (Phi) is 3.28. The predicted molar refractivity (Wildman–Crippen MR) is 60.0 cm³/mol. The summed E-state index contributed by atoms with van der Waals surface area (Å²) in [6, 6.07) is 5.49. The van der Waals surface area contributed by atoms with Gasteiger partial charge in [-0.1, -0.05) is 6.07 Å². The lowest BCUT2D eigenvalue weighted by atomic mass is 10.3. The van der Waals surface area contributed by atoms with Crippen molar-refractivity contribution in [1.29, 1.82) is 0 Å². The van der Waals surface area contributed by atoms with Gasteiger partial charge in [-0.3, -0.25) is 4.79 Å². The minimum Gasteiger partial charge on any atom is -0.475 e. The van der Waals surface area contributed by atoms with E-state index in [1.165, 1.54) is 6.07 Å². The molecule has 0 bridgehead atoms. The Labute approximate surface area is 105 Å². The van der Waals surface area contributed by atoms with Crippen LogP contribution in [-0.4, -0.2) is 17.0 Å². The van der Waals surface area contributed by atoms with Crippen molar-refractivity contribution < 1.29 is 27.9 Å². The summed E-state index contributed by atoms with van der Waals surface area (Å²) in [5.41, 5.74) is -0.363. The van der Waals surface area contributed by atoms with Crippen LogP contribution in [0, 0.1) is 11.6 Å². The number of hydrogen-bond donors (Lipinski definition) is 2. The number of carbonyl (C=O) groups excluding carboxylic acids is 1. The molecule has 5 nitrogen and oxygen atoms in total.